The van der Waals surface area contributed by atoms with E-state index >= 15 is 0 Å². The Balaban J connectivity index is 1.32. The van der Waals surface area contributed by atoms with E-state index in [2.05, 4.69) is 33.8 Å². The number of fused-ring (bicyclic) bond motifs is 1. The van der Waals surface area contributed by atoms with Crippen molar-refractivity contribution in [3.63, 3.8) is 0 Å². The van der Waals surface area contributed by atoms with Crippen LogP contribution in [0.5, 0.6) is 0 Å². The number of aryl methyl sites for hydroxylation is 2. The summed E-state index contributed by atoms with van der Waals surface area (Å²) >= 11 is 0. The molecule has 2 N–H and O–H groups in total. The first-order valence-electron chi connectivity index (χ1n) is 11.0. The van der Waals surface area contributed by atoms with Crippen molar-refractivity contribution in [3.05, 3.63) is 53.6 Å². The Hall–Kier alpha value is -3.13. The van der Waals surface area contributed by atoms with Crippen molar-refractivity contribution in [3.8, 4) is 0 Å². The standard InChI is InChI=1S/C24H30FN5O2/c1-15-5-7-22-20(11-15)28-23(29(22)4)9-10-26-24(31)27-18-6-8-21(19(25)12-18)30-13-16(2)32-17(3)14-30/h5-8,11-12,16-17H,9-10,13-14H2,1-4H3,(H2,26,27,31). The fourth-order valence-electron chi connectivity index (χ4n) is 4.26. The molecule has 1 fully saturated rings. The minimum atomic E-state index is -0.375. The molecule has 2 aromatic carbocycles. The predicted molar refractivity (Wildman–Crippen MR) is 125 cm³/mol. The van der Waals surface area contributed by atoms with E-state index in [0.29, 0.717) is 37.4 Å². The van der Waals surface area contributed by atoms with E-state index < -0.39 is 0 Å². The second-order valence-electron chi connectivity index (χ2n) is 8.54. The van der Waals surface area contributed by atoms with Gasteiger partial charge in [-0.25, -0.2) is 14.2 Å². The van der Waals surface area contributed by atoms with Gasteiger partial charge in [0.15, 0.2) is 0 Å². The van der Waals surface area contributed by atoms with Gasteiger partial charge < -0.3 is 24.8 Å². The number of hydrogen-bond acceptors (Lipinski definition) is 4. The molecular formula is C24H30FN5O2. The minimum Gasteiger partial charge on any atom is -0.372 e. The normalized spacial score (nSPS) is 18.7. The molecule has 1 aromatic heterocycles. The number of hydrogen-bond donors (Lipinski definition) is 2. The number of carbonyl (C=O) groups excluding carboxylic acids is 1. The van der Waals surface area contributed by atoms with Crippen LogP contribution in [0.25, 0.3) is 11.0 Å². The number of carbonyl (C=O) groups is 1. The Morgan fingerprint density at radius 3 is 2.66 bits per heavy atom. The van der Waals surface area contributed by atoms with Gasteiger partial charge >= 0.3 is 6.03 Å². The van der Waals surface area contributed by atoms with E-state index in [1.54, 1.807) is 12.1 Å². The van der Waals surface area contributed by atoms with Crippen LogP contribution >= 0.6 is 0 Å². The smallest absolute Gasteiger partial charge is 0.319 e. The summed E-state index contributed by atoms with van der Waals surface area (Å²) in [6, 6.07) is 10.6. The van der Waals surface area contributed by atoms with Gasteiger partial charge in [-0.05, 0) is 56.7 Å². The van der Waals surface area contributed by atoms with Gasteiger partial charge in [0.05, 0.1) is 28.9 Å². The summed E-state index contributed by atoms with van der Waals surface area (Å²) in [5.41, 5.74) is 4.11. The molecule has 7 nitrogen and oxygen atoms in total. The number of nitrogens with one attached hydrogen (secondary N) is 2. The maximum Gasteiger partial charge on any atom is 0.319 e. The van der Waals surface area contributed by atoms with Crippen LogP contribution in [0.1, 0.15) is 25.2 Å². The van der Waals surface area contributed by atoms with E-state index in [1.165, 1.54) is 6.07 Å². The highest BCUT2D eigenvalue weighted by molar-refractivity contribution is 5.89. The highest BCUT2D eigenvalue weighted by Crippen LogP contribution is 2.26. The van der Waals surface area contributed by atoms with Gasteiger partial charge in [-0.15, -0.1) is 0 Å². The summed E-state index contributed by atoms with van der Waals surface area (Å²) in [6.07, 6.45) is 0.683. The van der Waals surface area contributed by atoms with Crippen molar-refractivity contribution >= 4 is 28.4 Å². The highest BCUT2D eigenvalue weighted by atomic mass is 19.1. The highest BCUT2D eigenvalue weighted by Gasteiger charge is 2.24. The average molecular weight is 440 g/mol. The molecule has 0 aliphatic carbocycles. The lowest BCUT2D eigenvalue weighted by atomic mass is 10.2. The van der Waals surface area contributed by atoms with Crippen LogP contribution in [0.4, 0.5) is 20.6 Å². The first-order valence-corrected chi connectivity index (χ1v) is 11.0. The molecule has 8 heteroatoms. The monoisotopic (exact) mass is 439 g/mol. The number of morpholine rings is 1. The molecule has 3 aromatic rings. The largest absolute Gasteiger partial charge is 0.372 e. The zero-order valence-electron chi connectivity index (χ0n) is 19.0. The summed E-state index contributed by atoms with van der Waals surface area (Å²) in [4.78, 5) is 18.9. The van der Waals surface area contributed by atoms with Crippen molar-refractivity contribution in [1.82, 2.24) is 14.9 Å². The summed E-state index contributed by atoms with van der Waals surface area (Å²) in [5, 5.41) is 5.52. The van der Waals surface area contributed by atoms with Gasteiger partial charge in [-0.2, -0.15) is 0 Å². The van der Waals surface area contributed by atoms with Crippen molar-refractivity contribution in [2.45, 2.75) is 39.4 Å². The number of benzene rings is 2. The number of aromatic nitrogens is 2. The van der Waals surface area contributed by atoms with E-state index in [4.69, 9.17) is 4.74 Å². The summed E-state index contributed by atoms with van der Waals surface area (Å²) in [5.74, 6) is 0.536. The van der Waals surface area contributed by atoms with Crippen molar-refractivity contribution in [2.24, 2.45) is 7.05 Å². The van der Waals surface area contributed by atoms with E-state index in [-0.39, 0.29) is 24.1 Å². The molecule has 32 heavy (non-hydrogen) atoms. The zero-order valence-corrected chi connectivity index (χ0v) is 19.0. The number of urea groups is 1. The molecule has 170 valence electrons. The number of anilines is 2. The molecule has 0 radical (unpaired) electrons. The zero-order chi connectivity index (χ0) is 22.8. The lowest BCUT2D eigenvalue weighted by Crippen LogP contribution is -2.45. The van der Waals surface area contributed by atoms with Gasteiger partial charge in [0.2, 0.25) is 0 Å². The number of nitrogens with zero attached hydrogens (tertiary/aromatic N) is 3. The van der Waals surface area contributed by atoms with Gasteiger partial charge in [-0.1, -0.05) is 6.07 Å². The van der Waals surface area contributed by atoms with Crippen LogP contribution in [0, 0.1) is 12.7 Å². The number of amides is 2. The molecule has 0 spiro atoms. The molecule has 0 saturated carbocycles. The van der Waals surface area contributed by atoms with Crippen LogP contribution in [-0.4, -0.2) is 47.4 Å². The van der Waals surface area contributed by atoms with Crippen LogP contribution in [0.3, 0.4) is 0 Å². The van der Waals surface area contributed by atoms with Crippen LogP contribution < -0.4 is 15.5 Å². The summed E-state index contributed by atoms with van der Waals surface area (Å²) < 4.78 is 22.5. The molecule has 1 saturated heterocycles. The van der Waals surface area contributed by atoms with Gasteiger partial charge in [0.1, 0.15) is 11.6 Å². The quantitative estimate of drug-likeness (QED) is 0.631. The van der Waals surface area contributed by atoms with Crippen molar-refractivity contribution in [1.29, 1.82) is 0 Å². The molecule has 4 rings (SSSR count). The Kier molecular flexibility index (Phi) is 6.32. The Morgan fingerprint density at radius 2 is 1.94 bits per heavy atom. The molecule has 2 amide bonds. The second kappa shape index (κ2) is 9.16. The lowest BCUT2D eigenvalue weighted by molar-refractivity contribution is -0.00539. The average Bonchev–Trinajstić information content (AvgIpc) is 3.02. The fourth-order valence-corrected chi connectivity index (χ4v) is 4.26. The fraction of sp³-hybridized carbons (Fsp3) is 0.417. The van der Waals surface area contributed by atoms with Crippen molar-refractivity contribution in [2.75, 3.05) is 29.9 Å². The number of halogens is 1. The summed E-state index contributed by atoms with van der Waals surface area (Å²) in [7, 11) is 1.97. The molecule has 1 aliphatic rings. The molecular weight excluding hydrogens is 409 g/mol. The third-order valence-electron chi connectivity index (χ3n) is 5.73. The first-order chi connectivity index (χ1) is 15.3. The molecule has 2 heterocycles. The molecule has 2 unspecified atom stereocenters. The van der Waals surface area contributed by atoms with Crippen LogP contribution in [0.15, 0.2) is 36.4 Å². The maximum absolute atomic E-state index is 14.7. The Labute approximate surface area is 187 Å². The van der Waals surface area contributed by atoms with Crippen LogP contribution in [0.2, 0.25) is 0 Å². The summed E-state index contributed by atoms with van der Waals surface area (Å²) in [6.45, 7) is 7.70. The first kappa shape index (κ1) is 22.1. The van der Waals surface area contributed by atoms with Gasteiger partial charge in [0, 0.05) is 38.8 Å². The lowest BCUT2D eigenvalue weighted by Gasteiger charge is -2.37. The SMILES string of the molecule is Cc1ccc2c(c1)nc(CCNC(=O)Nc1ccc(N3CC(C)OC(C)C3)c(F)c1)n2C. The second-order valence-corrected chi connectivity index (χ2v) is 8.54. The number of imidazole rings is 1. The third kappa shape index (κ3) is 4.85. The Bertz CT molecular complexity index is 1120. The molecule has 0 bridgehead atoms. The van der Waals surface area contributed by atoms with Crippen LogP contribution in [-0.2, 0) is 18.2 Å². The molecule has 2 atom stereocenters. The van der Waals surface area contributed by atoms with E-state index in [1.807, 2.05) is 37.3 Å². The number of ether oxygens (including phenoxy) is 1. The maximum atomic E-state index is 14.7. The van der Waals surface area contributed by atoms with Crippen molar-refractivity contribution < 1.29 is 13.9 Å². The number of rotatable bonds is 5. The van der Waals surface area contributed by atoms with Gasteiger partial charge in [0.25, 0.3) is 0 Å². The Morgan fingerprint density at radius 1 is 1.19 bits per heavy atom. The predicted octanol–water partition coefficient (Wildman–Crippen LogP) is 4.00. The topological polar surface area (TPSA) is 71.4 Å². The van der Waals surface area contributed by atoms with Gasteiger partial charge in [-0.3, -0.25) is 0 Å². The molecule has 1 aliphatic heterocycles. The third-order valence-corrected chi connectivity index (χ3v) is 5.73. The van der Waals surface area contributed by atoms with E-state index in [0.717, 1.165) is 22.4 Å². The van der Waals surface area contributed by atoms with E-state index in [9.17, 15) is 9.18 Å². The minimum absolute atomic E-state index is 0.0436.